The Morgan fingerprint density at radius 1 is 1.28 bits per heavy atom. The Hall–Kier alpha value is -0.930. The van der Waals surface area contributed by atoms with Crippen molar-refractivity contribution in [1.82, 2.24) is 0 Å². The molecular formula is C15H15BrOS. The lowest BCUT2D eigenvalue weighted by molar-refractivity contribution is 0.104. The number of hydrogen-bond donors (Lipinski definition) is 0. The van der Waals surface area contributed by atoms with E-state index in [1.54, 1.807) is 0 Å². The summed E-state index contributed by atoms with van der Waals surface area (Å²) in [6.45, 7) is 4.16. The maximum Gasteiger partial charge on any atom is 0.202 e. The molecule has 0 bridgehead atoms. The molecule has 0 atom stereocenters. The molecule has 0 amide bonds. The summed E-state index contributed by atoms with van der Waals surface area (Å²) in [6, 6.07) is 9.89. The molecule has 0 aliphatic rings. The standard InChI is InChI=1S/C15H15BrOS/c1-3-4-11-5-7-12(8-6-11)14(17)13-9-10(2)15(16)18-13/h5-9H,3-4H2,1-2H3. The minimum atomic E-state index is 0.108. The zero-order valence-electron chi connectivity index (χ0n) is 10.5. The third kappa shape index (κ3) is 2.90. The number of aryl methyl sites for hydroxylation is 2. The number of carbonyl (C=O) groups excluding carboxylic acids is 1. The Balaban J connectivity index is 2.23. The zero-order valence-corrected chi connectivity index (χ0v) is 12.9. The summed E-state index contributed by atoms with van der Waals surface area (Å²) in [4.78, 5) is 13.1. The van der Waals surface area contributed by atoms with Crippen LogP contribution in [0.1, 0.15) is 39.7 Å². The van der Waals surface area contributed by atoms with E-state index in [1.165, 1.54) is 16.9 Å². The van der Waals surface area contributed by atoms with Crippen LogP contribution in [-0.2, 0) is 6.42 Å². The van der Waals surface area contributed by atoms with E-state index in [0.29, 0.717) is 0 Å². The SMILES string of the molecule is CCCc1ccc(C(=O)c2cc(C)c(Br)s2)cc1. The number of ketones is 1. The fourth-order valence-corrected chi connectivity index (χ4v) is 3.32. The van der Waals surface area contributed by atoms with Crippen LogP contribution in [0.15, 0.2) is 34.1 Å². The molecule has 0 aliphatic carbocycles. The third-order valence-electron chi connectivity index (χ3n) is 2.84. The summed E-state index contributed by atoms with van der Waals surface area (Å²) in [7, 11) is 0. The molecule has 2 aromatic rings. The van der Waals surface area contributed by atoms with Gasteiger partial charge in [-0.05, 0) is 46.5 Å². The van der Waals surface area contributed by atoms with Crippen LogP contribution in [0.25, 0.3) is 0 Å². The third-order valence-corrected chi connectivity index (χ3v) is 4.97. The van der Waals surface area contributed by atoms with Crippen molar-refractivity contribution < 1.29 is 4.79 Å². The number of halogens is 1. The highest BCUT2D eigenvalue weighted by atomic mass is 79.9. The van der Waals surface area contributed by atoms with Crippen molar-refractivity contribution >= 4 is 33.0 Å². The molecule has 1 aromatic heterocycles. The van der Waals surface area contributed by atoms with Gasteiger partial charge in [0.25, 0.3) is 0 Å². The summed E-state index contributed by atoms with van der Waals surface area (Å²) in [5.41, 5.74) is 3.17. The molecule has 0 N–H and O–H groups in total. The minimum Gasteiger partial charge on any atom is -0.288 e. The van der Waals surface area contributed by atoms with Gasteiger partial charge in [0.1, 0.15) is 0 Å². The fraction of sp³-hybridized carbons (Fsp3) is 0.267. The van der Waals surface area contributed by atoms with Crippen LogP contribution < -0.4 is 0 Å². The van der Waals surface area contributed by atoms with E-state index in [0.717, 1.165) is 32.6 Å². The van der Waals surface area contributed by atoms with Gasteiger partial charge in [0.05, 0.1) is 8.66 Å². The van der Waals surface area contributed by atoms with Crippen LogP contribution in [0, 0.1) is 6.92 Å². The monoisotopic (exact) mass is 322 g/mol. The number of rotatable bonds is 4. The lowest BCUT2D eigenvalue weighted by atomic mass is 10.0. The predicted octanol–water partition coefficient (Wildman–Crippen LogP) is 5.00. The zero-order chi connectivity index (χ0) is 13.1. The van der Waals surface area contributed by atoms with E-state index < -0.39 is 0 Å². The number of thiophene rings is 1. The number of benzene rings is 1. The maximum absolute atomic E-state index is 12.3. The number of carbonyl (C=O) groups is 1. The van der Waals surface area contributed by atoms with E-state index in [9.17, 15) is 4.79 Å². The molecule has 0 aliphatic heterocycles. The van der Waals surface area contributed by atoms with Gasteiger partial charge in [-0.1, -0.05) is 37.6 Å². The van der Waals surface area contributed by atoms with Gasteiger partial charge in [-0.15, -0.1) is 11.3 Å². The molecule has 18 heavy (non-hydrogen) atoms. The normalized spacial score (nSPS) is 10.6. The van der Waals surface area contributed by atoms with Gasteiger partial charge in [-0.3, -0.25) is 4.79 Å². The highest BCUT2D eigenvalue weighted by Gasteiger charge is 2.13. The van der Waals surface area contributed by atoms with Crippen LogP contribution in [-0.4, -0.2) is 5.78 Å². The Bertz CT molecular complexity index is 535. The lowest BCUT2D eigenvalue weighted by Gasteiger charge is -2.01. The van der Waals surface area contributed by atoms with E-state index in [4.69, 9.17) is 0 Å². The van der Waals surface area contributed by atoms with Crippen molar-refractivity contribution in [2.75, 3.05) is 0 Å². The van der Waals surface area contributed by atoms with Gasteiger partial charge in [-0.2, -0.15) is 0 Å². The van der Waals surface area contributed by atoms with Gasteiger partial charge in [0.15, 0.2) is 0 Å². The van der Waals surface area contributed by atoms with Crippen molar-refractivity contribution in [3.8, 4) is 0 Å². The molecule has 0 saturated heterocycles. The molecule has 0 fully saturated rings. The first kappa shape index (κ1) is 13.5. The maximum atomic E-state index is 12.3. The first-order valence-corrected chi connectivity index (χ1v) is 7.62. The lowest BCUT2D eigenvalue weighted by Crippen LogP contribution is -1.98. The molecular weight excluding hydrogens is 308 g/mol. The second-order valence-corrected chi connectivity index (χ2v) is 6.71. The van der Waals surface area contributed by atoms with Crippen LogP contribution in [0.3, 0.4) is 0 Å². The van der Waals surface area contributed by atoms with Crippen molar-refractivity contribution in [3.63, 3.8) is 0 Å². The van der Waals surface area contributed by atoms with Gasteiger partial charge in [0, 0.05) is 5.56 Å². The van der Waals surface area contributed by atoms with Crippen LogP contribution >= 0.6 is 27.3 Å². The van der Waals surface area contributed by atoms with Crippen LogP contribution in [0.2, 0.25) is 0 Å². The molecule has 1 nitrogen and oxygen atoms in total. The predicted molar refractivity (Wildman–Crippen MR) is 80.6 cm³/mol. The topological polar surface area (TPSA) is 17.1 Å². The van der Waals surface area contributed by atoms with Crippen molar-refractivity contribution in [2.24, 2.45) is 0 Å². The van der Waals surface area contributed by atoms with Crippen molar-refractivity contribution in [1.29, 1.82) is 0 Å². The van der Waals surface area contributed by atoms with E-state index in [2.05, 4.69) is 22.9 Å². The fourth-order valence-electron chi connectivity index (χ4n) is 1.83. The summed E-state index contributed by atoms with van der Waals surface area (Å²) < 4.78 is 1.04. The minimum absolute atomic E-state index is 0.108. The quantitative estimate of drug-likeness (QED) is 0.724. The first-order valence-electron chi connectivity index (χ1n) is 6.01. The Morgan fingerprint density at radius 3 is 2.44 bits per heavy atom. The van der Waals surface area contributed by atoms with Gasteiger partial charge in [-0.25, -0.2) is 0 Å². The largest absolute Gasteiger partial charge is 0.288 e. The summed E-state index contributed by atoms with van der Waals surface area (Å²) in [5, 5.41) is 0. The highest BCUT2D eigenvalue weighted by molar-refractivity contribution is 9.11. The summed E-state index contributed by atoms with van der Waals surface area (Å²) in [5.74, 6) is 0.108. The molecule has 0 saturated carbocycles. The molecule has 3 heteroatoms. The van der Waals surface area contributed by atoms with E-state index in [-0.39, 0.29) is 5.78 Å². The first-order chi connectivity index (χ1) is 8.61. The molecule has 0 unspecified atom stereocenters. The molecule has 1 heterocycles. The molecule has 1 aromatic carbocycles. The van der Waals surface area contributed by atoms with Gasteiger partial charge >= 0.3 is 0 Å². The molecule has 94 valence electrons. The molecule has 0 radical (unpaired) electrons. The second-order valence-electron chi connectivity index (χ2n) is 4.34. The number of hydrogen-bond acceptors (Lipinski definition) is 2. The van der Waals surface area contributed by atoms with Crippen LogP contribution in [0.4, 0.5) is 0 Å². The van der Waals surface area contributed by atoms with E-state index in [1.807, 2.05) is 37.3 Å². The second kappa shape index (κ2) is 5.81. The molecule has 0 spiro atoms. The van der Waals surface area contributed by atoms with Gasteiger partial charge < -0.3 is 0 Å². The van der Waals surface area contributed by atoms with E-state index >= 15 is 0 Å². The Kier molecular flexibility index (Phi) is 4.36. The average Bonchev–Trinajstić information content (AvgIpc) is 2.70. The van der Waals surface area contributed by atoms with Crippen molar-refractivity contribution in [3.05, 3.63) is 55.7 Å². The van der Waals surface area contributed by atoms with Crippen LogP contribution in [0.5, 0.6) is 0 Å². The Labute approximate surface area is 120 Å². The Morgan fingerprint density at radius 2 is 1.94 bits per heavy atom. The smallest absolute Gasteiger partial charge is 0.202 e. The molecule has 2 rings (SSSR count). The van der Waals surface area contributed by atoms with Gasteiger partial charge in [0.2, 0.25) is 5.78 Å². The average molecular weight is 323 g/mol. The summed E-state index contributed by atoms with van der Waals surface area (Å²) >= 11 is 4.95. The highest BCUT2D eigenvalue weighted by Crippen LogP contribution is 2.29. The summed E-state index contributed by atoms with van der Waals surface area (Å²) in [6.07, 6.45) is 2.20. The van der Waals surface area contributed by atoms with Crippen molar-refractivity contribution in [2.45, 2.75) is 26.7 Å².